The quantitative estimate of drug-likeness (QED) is 0.944. The van der Waals surface area contributed by atoms with Crippen molar-refractivity contribution >= 4 is 29.1 Å². The monoisotopic (exact) mass is 308 g/mol. The molecule has 0 spiro atoms. The molecule has 0 saturated carbocycles. The smallest absolute Gasteiger partial charge is 0.239 e. The van der Waals surface area contributed by atoms with Crippen LogP contribution in [0.15, 0.2) is 36.4 Å². The first-order valence-electron chi connectivity index (χ1n) is 6.58. The Labute approximate surface area is 131 Å². The van der Waals surface area contributed by atoms with E-state index in [2.05, 4.69) is 6.07 Å². The number of likely N-dealkylation sites (N-methyl/N-ethyl adjacent to an activating group) is 1. The Bertz CT molecular complexity index is 629. The van der Waals surface area contributed by atoms with Crippen LogP contribution in [0.5, 0.6) is 5.75 Å². The number of amides is 1. The molecule has 0 heterocycles. The van der Waals surface area contributed by atoms with Gasteiger partial charge in [-0.1, -0.05) is 18.2 Å². The summed E-state index contributed by atoms with van der Waals surface area (Å²) in [5.41, 5.74) is 6.69. The first-order chi connectivity index (χ1) is 9.51. The molecular weight excluding hydrogens is 288 g/mol. The molecule has 0 aliphatic rings. The number of hydrogen-bond donors (Lipinski definition) is 1. The van der Waals surface area contributed by atoms with E-state index in [1.165, 1.54) is 0 Å². The second-order valence-electron chi connectivity index (χ2n) is 5.03. The van der Waals surface area contributed by atoms with Gasteiger partial charge in [0, 0.05) is 13.6 Å². The molecule has 0 bridgehead atoms. The first-order valence-corrected chi connectivity index (χ1v) is 6.58. The summed E-state index contributed by atoms with van der Waals surface area (Å²) in [6.45, 7) is 2.26. The zero-order valence-electron chi connectivity index (χ0n) is 12.5. The average Bonchev–Trinajstić information content (AvgIpc) is 2.45. The molecule has 1 atom stereocenters. The Morgan fingerprint density at radius 1 is 1.24 bits per heavy atom. The Morgan fingerprint density at radius 2 is 1.86 bits per heavy atom. The molecule has 0 unspecified atom stereocenters. The first kappa shape index (κ1) is 17.3. The SMILES string of the molecule is COc1ccc2cc(CN(C)C(=O)[C@@H](C)N)ccc2c1.Cl. The van der Waals surface area contributed by atoms with Gasteiger partial charge in [-0.05, 0) is 41.5 Å². The highest BCUT2D eigenvalue weighted by atomic mass is 35.5. The van der Waals surface area contributed by atoms with Crippen molar-refractivity contribution in [2.24, 2.45) is 5.73 Å². The van der Waals surface area contributed by atoms with Crippen LogP contribution in [0.25, 0.3) is 10.8 Å². The van der Waals surface area contributed by atoms with Gasteiger partial charge in [-0.25, -0.2) is 0 Å². The van der Waals surface area contributed by atoms with Crippen LogP contribution in [-0.2, 0) is 11.3 Å². The Balaban J connectivity index is 0.00000220. The molecule has 2 aromatic carbocycles. The van der Waals surface area contributed by atoms with E-state index in [1.54, 1.807) is 26.0 Å². The van der Waals surface area contributed by atoms with Crippen molar-refractivity contribution in [3.8, 4) is 5.75 Å². The van der Waals surface area contributed by atoms with Crippen LogP contribution in [0.2, 0.25) is 0 Å². The minimum atomic E-state index is -0.468. The maximum atomic E-state index is 11.8. The van der Waals surface area contributed by atoms with Crippen LogP contribution in [0.1, 0.15) is 12.5 Å². The minimum Gasteiger partial charge on any atom is -0.497 e. The Hall–Kier alpha value is -1.78. The van der Waals surface area contributed by atoms with E-state index in [4.69, 9.17) is 10.5 Å². The van der Waals surface area contributed by atoms with Crippen molar-refractivity contribution in [3.63, 3.8) is 0 Å². The Morgan fingerprint density at radius 3 is 2.48 bits per heavy atom. The lowest BCUT2D eigenvalue weighted by atomic mass is 10.1. The normalized spacial score (nSPS) is 11.6. The maximum Gasteiger partial charge on any atom is 0.239 e. The minimum absolute atomic E-state index is 0. The average molecular weight is 309 g/mol. The van der Waals surface area contributed by atoms with Crippen molar-refractivity contribution in [3.05, 3.63) is 42.0 Å². The zero-order chi connectivity index (χ0) is 14.7. The Kier molecular flexibility index (Phi) is 6.00. The summed E-state index contributed by atoms with van der Waals surface area (Å²) in [6, 6.07) is 11.6. The predicted octanol–water partition coefficient (Wildman–Crippen LogP) is 2.58. The molecule has 0 saturated heterocycles. The van der Waals surface area contributed by atoms with Gasteiger partial charge in [-0.3, -0.25) is 4.79 Å². The van der Waals surface area contributed by atoms with Gasteiger partial charge >= 0.3 is 0 Å². The van der Waals surface area contributed by atoms with Crippen molar-refractivity contribution in [1.29, 1.82) is 0 Å². The van der Waals surface area contributed by atoms with Gasteiger partial charge in [0.1, 0.15) is 5.75 Å². The number of nitrogens with two attached hydrogens (primary N) is 1. The van der Waals surface area contributed by atoms with Crippen molar-refractivity contribution in [1.82, 2.24) is 4.90 Å². The van der Waals surface area contributed by atoms with E-state index in [9.17, 15) is 4.79 Å². The lowest BCUT2D eigenvalue weighted by Gasteiger charge is -2.19. The molecule has 2 aromatic rings. The maximum absolute atomic E-state index is 11.8. The highest BCUT2D eigenvalue weighted by molar-refractivity contribution is 5.85. The van der Waals surface area contributed by atoms with Gasteiger partial charge < -0.3 is 15.4 Å². The molecule has 114 valence electrons. The molecule has 0 aliphatic carbocycles. The van der Waals surface area contributed by atoms with Gasteiger partial charge in [0.2, 0.25) is 5.91 Å². The number of ether oxygens (including phenoxy) is 1. The predicted molar refractivity (Wildman–Crippen MR) is 87.9 cm³/mol. The fraction of sp³-hybridized carbons (Fsp3) is 0.312. The van der Waals surface area contributed by atoms with Crippen molar-refractivity contribution in [2.75, 3.05) is 14.2 Å². The largest absolute Gasteiger partial charge is 0.497 e. The van der Waals surface area contributed by atoms with E-state index in [0.717, 1.165) is 22.1 Å². The van der Waals surface area contributed by atoms with Gasteiger partial charge in [0.05, 0.1) is 13.2 Å². The molecule has 0 fully saturated rings. The fourth-order valence-corrected chi connectivity index (χ4v) is 2.20. The fourth-order valence-electron chi connectivity index (χ4n) is 2.20. The third kappa shape index (κ3) is 4.09. The van der Waals surface area contributed by atoms with Crippen LogP contribution in [0.3, 0.4) is 0 Å². The third-order valence-corrected chi connectivity index (χ3v) is 3.30. The standard InChI is InChI=1S/C16H20N2O2.ClH/c1-11(17)16(19)18(2)10-12-4-5-14-9-15(20-3)7-6-13(14)8-12;/h4-9,11H,10,17H2,1-3H3;1H/t11-;/m1./s1. The van der Waals surface area contributed by atoms with Crippen LogP contribution >= 0.6 is 12.4 Å². The molecule has 0 aromatic heterocycles. The molecular formula is C16H21ClN2O2. The molecule has 0 aliphatic heterocycles. The molecule has 21 heavy (non-hydrogen) atoms. The molecule has 1 amide bonds. The number of rotatable bonds is 4. The lowest BCUT2D eigenvalue weighted by molar-refractivity contribution is -0.131. The van der Waals surface area contributed by atoms with Crippen LogP contribution in [0.4, 0.5) is 0 Å². The second-order valence-corrected chi connectivity index (χ2v) is 5.03. The van der Waals surface area contributed by atoms with Crippen LogP contribution < -0.4 is 10.5 Å². The van der Waals surface area contributed by atoms with Gasteiger partial charge in [-0.15, -0.1) is 12.4 Å². The zero-order valence-corrected chi connectivity index (χ0v) is 13.3. The molecule has 2 N–H and O–H groups in total. The van der Waals surface area contributed by atoms with E-state index in [-0.39, 0.29) is 18.3 Å². The lowest BCUT2D eigenvalue weighted by Crippen LogP contribution is -2.39. The molecule has 4 nitrogen and oxygen atoms in total. The number of carbonyl (C=O) groups is 1. The van der Waals surface area contributed by atoms with E-state index in [1.807, 2.05) is 30.3 Å². The third-order valence-electron chi connectivity index (χ3n) is 3.30. The number of carbonyl (C=O) groups excluding carboxylic acids is 1. The summed E-state index contributed by atoms with van der Waals surface area (Å²) in [6.07, 6.45) is 0. The van der Waals surface area contributed by atoms with Crippen molar-refractivity contribution < 1.29 is 9.53 Å². The second kappa shape index (κ2) is 7.29. The molecule has 0 radical (unpaired) electrons. The van der Waals surface area contributed by atoms with E-state index in [0.29, 0.717) is 6.54 Å². The molecule has 5 heteroatoms. The van der Waals surface area contributed by atoms with Gasteiger partial charge in [-0.2, -0.15) is 0 Å². The number of nitrogens with zero attached hydrogens (tertiary/aromatic N) is 1. The number of benzene rings is 2. The summed E-state index contributed by atoms with van der Waals surface area (Å²) < 4.78 is 5.21. The van der Waals surface area contributed by atoms with Crippen LogP contribution in [-0.4, -0.2) is 31.0 Å². The number of methoxy groups -OCH3 is 1. The van der Waals surface area contributed by atoms with E-state index < -0.39 is 6.04 Å². The number of fused-ring (bicyclic) bond motifs is 1. The van der Waals surface area contributed by atoms with Crippen molar-refractivity contribution in [2.45, 2.75) is 19.5 Å². The number of hydrogen-bond acceptors (Lipinski definition) is 3. The summed E-state index contributed by atoms with van der Waals surface area (Å²) in [7, 11) is 3.42. The summed E-state index contributed by atoms with van der Waals surface area (Å²) in [5, 5.41) is 2.25. The highest BCUT2D eigenvalue weighted by Gasteiger charge is 2.13. The van der Waals surface area contributed by atoms with Gasteiger partial charge in [0.15, 0.2) is 0 Å². The summed E-state index contributed by atoms with van der Waals surface area (Å²) in [5.74, 6) is 0.786. The van der Waals surface area contributed by atoms with Crippen LogP contribution in [0, 0.1) is 0 Å². The highest BCUT2D eigenvalue weighted by Crippen LogP contribution is 2.22. The summed E-state index contributed by atoms with van der Waals surface area (Å²) in [4.78, 5) is 13.4. The summed E-state index contributed by atoms with van der Waals surface area (Å²) >= 11 is 0. The van der Waals surface area contributed by atoms with E-state index >= 15 is 0 Å². The topological polar surface area (TPSA) is 55.6 Å². The number of halogens is 1. The molecule has 2 rings (SSSR count). The van der Waals surface area contributed by atoms with Gasteiger partial charge in [0.25, 0.3) is 0 Å².